The predicted molar refractivity (Wildman–Crippen MR) is 125 cm³/mol. The SMILES string of the molecule is COc1cc(/C=N\NC(=O)c2cccc(NC(C)=O)c2)cc(Cl)c1OCc1ccccc1. The highest BCUT2D eigenvalue weighted by molar-refractivity contribution is 6.32. The van der Waals surface area contributed by atoms with E-state index in [1.54, 1.807) is 36.4 Å². The summed E-state index contributed by atoms with van der Waals surface area (Å²) in [6.07, 6.45) is 1.45. The Bertz CT molecular complexity index is 1130. The van der Waals surface area contributed by atoms with Crippen LogP contribution in [0.25, 0.3) is 0 Å². The van der Waals surface area contributed by atoms with Gasteiger partial charge in [-0.05, 0) is 41.5 Å². The van der Waals surface area contributed by atoms with Crippen LogP contribution in [-0.2, 0) is 11.4 Å². The van der Waals surface area contributed by atoms with Crippen molar-refractivity contribution in [3.63, 3.8) is 0 Å². The molecular weight excluding hydrogens is 430 g/mol. The molecule has 32 heavy (non-hydrogen) atoms. The van der Waals surface area contributed by atoms with Gasteiger partial charge in [0.15, 0.2) is 11.5 Å². The van der Waals surface area contributed by atoms with E-state index in [0.29, 0.717) is 39.9 Å². The Labute approximate surface area is 191 Å². The molecule has 2 amide bonds. The zero-order valence-electron chi connectivity index (χ0n) is 17.6. The molecule has 0 spiro atoms. The molecule has 0 aromatic heterocycles. The van der Waals surface area contributed by atoms with E-state index >= 15 is 0 Å². The number of halogens is 1. The standard InChI is InChI=1S/C24H22ClN3O4/c1-16(29)27-20-10-6-9-19(13-20)24(30)28-26-14-18-11-21(25)23(22(12-18)31-2)32-15-17-7-4-3-5-8-17/h3-14H,15H2,1-2H3,(H,27,29)(H,28,30)/b26-14-. The Morgan fingerprint density at radius 1 is 1.06 bits per heavy atom. The molecule has 3 aromatic carbocycles. The van der Waals surface area contributed by atoms with Crippen LogP contribution in [-0.4, -0.2) is 25.1 Å². The van der Waals surface area contributed by atoms with Gasteiger partial charge in [-0.1, -0.05) is 48.0 Å². The van der Waals surface area contributed by atoms with Crippen molar-refractivity contribution in [2.24, 2.45) is 5.10 Å². The number of methoxy groups -OCH3 is 1. The normalized spacial score (nSPS) is 10.6. The van der Waals surface area contributed by atoms with Crippen LogP contribution in [0.5, 0.6) is 11.5 Å². The van der Waals surface area contributed by atoms with Crippen LogP contribution in [0.1, 0.15) is 28.4 Å². The number of hydrogen-bond acceptors (Lipinski definition) is 5. The summed E-state index contributed by atoms with van der Waals surface area (Å²) in [7, 11) is 1.52. The summed E-state index contributed by atoms with van der Waals surface area (Å²) >= 11 is 6.39. The Hall–Kier alpha value is -3.84. The number of ether oxygens (including phenoxy) is 2. The van der Waals surface area contributed by atoms with Crippen LogP contribution in [0, 0.1) is 0 Å². The van der Waals surface area contributed by atoms with Crippen molar-refractivity contribution in [3.8, 4) is 11.5 Å². The maximum Gasteiger partial charge on any atom is 0.271 e. The summed E-state index contributed by atoms with van der Waals surface area (Å²) < 4.78 is 11.2. The second kappa shape index (κ2) is 11.0. The second-order valence-corrected chi connectivity index (χ2v) is 7.18. The fourth-order valence-corrected chi connectivity index (χ4v) is 3.13. The van der Waals surface area contributed by atoms with Gasteiger partial charge in [-0.25, -0.2) is 5.43 Å². The minimum absolute atomic E-state index is 0.220. The molecule has 3 rings (SSSR count). The van der Waals surface area contributed by atoms with Gasteiger partial charge in [0.05, 0.1) is 18.3 Å². The summed E-state index contributed by atoms with van der Waals surface area (Å²) in [5, 5.41) is 6.97. The fourth-order valence-electron chi connectivity index (χ4n) is 2.86. The van der Waals surface area contributed by atoms with Crippen LogP contribution in [0.4, 0.5) is 5.69 Å². The molecule has 0 bridgehead atoms. The van der Waals surface area contributed by atoms with E-state index in [0.717, 1.165) is 5.56 Å². The lowest BCUT2D eigenvalue weighted by atomic mass is 10.2. The molecule has 0 atom stereocenters. The zero-order chi connectivity index (χ0) is 22.9. The molecule has 0 saturated carbocycles. The van der Waals surface area contributed by atoms with Gasteiger partial charge in [0.1, 0.15) is 6.61 Å². The largest absolute Gasteiger partial charge is 0.493 e. The molecule has 3 aromatic rings. The minimum Gasteiger partial charge on any atom is -0.493 e. The number of hydrazone groups is 1. The topological polar surface area (TPSA) is 89.0 Å². The third-order valence-electron chi connectivity index (χ3n) is 4.30. The predicted octanol–water partition coefficient (Wildman–Crippen LogP) is 4.65. The minimum atomic E-state index is -0.422. The van der Waals surface area contributed by atoms with Crippen LogP contribution in [0.3, 0.4) is 0 Å². The summed E-state index contributed by atoms with van der Waals surface area (Å²) in [4.78, 5) is 23.5. The maximum absolute atomic E-state index is 12.3. The van der Waals surface area contributed by atoms with E-state index in [4.69, 9.17) is 21.1 Å². The highest BCUT2D eigenvalue weighted by atomic mass is 35.5. The third-order valence-corrected chi connectivity index (χ3v) is 4.58. The molecule has 7 nitrogen and oxygen atoms in total. The lowest BCUT2D eigenvalue weighted by molar-refractivity contribution is -0.114. The second-order valence-electron chi connectivity index (χ2n) is 6.77. The van der Waals surface area contributed by atoms with Crippen LogP contribution in [0.15, 0.2) is 71.8 Å². The van der Waals surface area contributed by atoms with E-state index in [1.807, 2.05) is 30.3 Å². The first-order valence-corrected chi connectivity index (χ1v) is 10.1. The van der Waals surface area contributed by atoms with Crippen LogP contribution < -0.4 is 20.2 Å². The van der Waals surface area contributed by atoms with Crippen LogP contribution >= 0.6 is 11.6 Å². The third kappa shape index (κ3) is 6.33. The molecule has 0 aliphatic carbocycles. The first kappa shape index (κ1) is 22.8. The lowest BCUT2D eigenvalue weighted by Crippen LogP contribution is -2.18. The number of carbonyl (C=O) groups is 2. The average Bonchev–Trinajstić information content (AvgIpc) is 2.78. The van der Waals surface area contributed by atoms with E-state index < -0.39 is 5.91 Å². The molecule has 0 unspecified atom stereocenters. The fraction of sp³-hybridized carbons (Fsp3) is 0.125. The van der Waals surface area contributed by atoms with Gasteiger partial charge >= 0.3 is 0 Å². The number of anilines is 1. The van der Waals surface area contributed by atoms with E-state index in [2.05, 4.69) is 15.8 Å². The molecule has 0 aliphatic rings. The molecule has 0 heterocycles. The molecule has 0 aliphatic heterocycles. The van der Waals surface area contributed by atoms with Crippen molar-refractivity contribution in [1.29, 1.82) is 0 Å². The van der Waals surface area contributed by atoms with Crippen molar-refractivity contribution >= 4 is 35.3 Å². The number of amides is 2. The van der Waals surface area contributed by atoms with Gasteiger partial charge in [0.2, 0.25) is 5.91 Å². The maximum atomic E-state index is 12.3. The Balaban J connectivity index is 1.67. The van der Waals surface area contributed by atoms with Crippen molar-refractivity contribution in [3.05, 3.63) is 88.4 Å². The van der Waals surface area contributed by atoms with Gasteiger partial charge in [-0.3, -0.25) is 9.59 Å². The molecule has 164 valence electrons. The molecule has 8 heteroatoms. The quantitative estimate of drug-likeness (QED) is 0.385. The van der Waals surface area contributed by atoms with Gasteiger partial charge in [0, 0.05) is 18.2 Å². The smallest absolute Gasteiger partial charge is 0.271 e. The van der Waals surface area contributed by atoms with Gasteiger partial charge in [-0.2, -0.15) is 5.10 Å². The number of nitrogens with zero attached hydrogens (tertiary/aromatic N) is 1. The number of hydrogen-bond donors (Lipinski definition) is 2. The molecular formula is C24H22ClN3O4. The van der Waals surface area contributed by atoms with Crippen LogP contribution in [0.2, 0.25) is 5.02 Å². The summed E-state index contributed by atoms with van der Waals surface area (Å²) in [5.74, 6) is 0.232. The summed E-state index contributed by atoms with van der Waals surface area (Å²) in [6.45, 7) is 1.74. The highest BCUT2D eigenvalue weighted by Crippen LogP contribution is 2.36. The van der Waals surface area contributed by atoms with Gasteiger partial charge in [-0.15, -0.1) is 0 Å². The number of carbonyl (C=O) groups excluding carboxylic acids is 2. The van der Waals surface area contributed by atoms with Crippen molar-refractivity contribution < 1.29 is 19.1 Å². The first-order chi connectivity index (χ1) is 15.5. The number of rotatable bonds is 8. The average molecular weight is 452 g/mol. The molecule has 2 N–H and O–H groups in total. The lowest BCUT2D eigenvalue weighted by Gasteiger charge is -2.13. The van der Waals surface area contributed by atoms with E-state index in [1.165, 1.54) is 20.2 Å². The summed E-state index contributed by atoms with van der Waals surface area (Å²) in [6, 6.07) is 19.6. The zero-order valence-corrected chi connectivity index (χ0v) is 18.3. The molecule has 0 saturated heterocycles. The van der Waals surface area contributed by atoms with E-state index in [9.17, 15) is 9.59 Å². The van der Waals surface area contributed by atoms with Gasteiger partial charge in [0.25, 0.3) is 5.91 Å². The highest BCUT2D eigenvalue weighted by Gasteiger charge is 2.12. The molecule has 0 radical (unpaired) electrons. The first-order valence-electron chi connectivity index (χ1n) is 9.71. The molecule has 0 fully saturated rings. The number of benzene rings is 3. The van der Waals surface area contributed by atoms with Crippen molar-refractivity contribution in [2.75, 3.05) is 12.4 Å². The summed E-state index contributed by atoms with van der Waals surface area (Å²) in [5.41, 5.74) is 4.95. The van der Waals surface area contributed by atoms with E-state index in [-0.39, 0.29) is 5.91 Å². The Kier molecular flexibility index (Phi) is 7.83. The monoisotopic (exact) mass is 451 g/mol. The van der Waals surface area contributed by atoms with Crippen molar-refractivity contribution in [2.45, 2.75) is 13.5 Å². The Morgan fingerprint density at radius 3 is 2.56 bits per heavy atom. The van der Waals surface area contributed by atoms with Crippen molar-refractivity contribution in [1.82, 2.24) is 5.43 Å². The Morgan fingerprint density at radius 2 is 1.84 bits per heavy atom. The van der Waals surface area contributed by atoms with Gasteiger partial charge < -0.3 is 14.8 Å². The number of nitrogens with one attached hydrogen (secondary N) is 2.